The highest BCUT2D eigenvalue weighted by atomic mass is 16.5. The Morgan fingerprint density at radius 3 is 2.29 bits per heavy atom. The van der Waals surface area contributed by atoms with Crippen LogP contribution in [0.15, 0.2) is 18.2 Å². The monoisotopic (exact) mass is 396 g/mol. The van der Waals surface area contributed by atoms with E-state index in [4.69, 9.17) is 29.3 Å². The van der Waals surface area contributed by atoms with Crippen molar-refractivity contribution < 1.29 is 34.1 Å². The molecule has 0 bridgehead atoms. The number of carboxylic acid groups (broad SMARTS) is 2. The molecule has 2 N–H and O–H groups in total. The van der Waals surface area contributed by atoms with Crippen LogP contribution in [-0.2, 0) is 9.59 Å². The standard InChI is InChI=1S/C17H26N2O3.C2H2O4/c1-18-9-11-19(12-10-18)8-3-4-13-22-17-15(14-20)6-5-7-16(17)21-2;3-1(4)2(5)6/h5-7,14H,3-4,8-13H2,1-2H3;(H,3,4)(H,5,6). The van der Waals surface area contributed by atoms with Crippen LogP contribution in [0.4, 0.5) is 0 Å². The lowest BCUT2D eigenvalue weighted by atomic mass is 10.2. The number of carbonyl (C=O) groups excluding carboxylic acids is 1. The lowest BCUT2D eigenvalue weighted by Gasteiger charge is -2.32. The first kappa shape index (κ1) is 23.4. The van der Waals surface area contributed by atoms with Crippen molar-refractivity contribution in [1.29, 1.82) is 0 Å². The van der Waals surface area contributed by atoms with Crippen LogP contribution >= 0.6 is 0 Å². The summed E-state index contributed by atoms with van der Waals surface area (Å²) in [4.78, 5) is 34.1. The lowest BCUT2D eigenvalue weighted by molar-refractivity contribution is -0.159. The van der Waals surface area contributed by atoms with Crippen molar-refractivity contribution in [2.45, 2.75) is 12.8 Å². The van der Waals surface area contributed by atoms with Crippen LogP contribution < -0.4 is 9.47 Å². The van der Waals surface area contributed by atoms with Gasteiger partial charge in [0.05, 0.1) is 19.3 Å². The van der Waals surface area contributed by atoms with Crippen LogP contribution in [0.1, 0.15) is 23.2 Å². The minimum absolute atomic E-state index is 0.540. The summed E-state index contributed by atoms with van der Waals surface area (Å²) in [5, 5.41) is 14.8. The molecule has 28 heavy (non-hydrogen) atoms. The molecule has 1 saturated heterocycles. The van der Waals surface area contributed by atoms with Crippen molar-refractivity contribution >= 4 is 18.2 Å². The van der Waals surface area contributed by atoms with Crippen molar-refractivity contribution in [3.63, 3.8) is 0 Å². The number of unbranched alkanes of at least 4 members (excludes halogenated alkanes) is 1. The fourth-order valence-corrected chi connectivity index (χ4v) is 2.62. The van der Waals surface area contributed by atoms with Gasteiger partial charge in [-0.1, -0.05) is 6.07 Å². The molecule has 0 radical (unpaired) electrons. The number of benzene rings is 1. The van der Waals surface area contributed by atoms with E-state index in [-0.39, 0.29) is 0 Å². The Bertz CT molecular complexity index is 631. The minimum atomic E-state index is -1.82. The summed E-state index contributed by atoms with van der Waals surface area (Å²) in [6.07, 6.45) is 2.89. The van der Waals surface area contributed by atoms with Gasteiger partial charge in [0, 0.05) is 26.2 Å². The fraction of sp³-hybridized carbons (Fsp3) is 0.526. The molecule has 1 aliphatic rings. The molecule has 0 atom stereocenters. The SMILES string of the molecule is COc1cccc(C=O)c1OCCCCN1CCN(C)CC1.O=C(O)C(=O)O. The Kier molecular flexibility index (Phi) is 10.6. The summed E-state index contributed by atoms with van der Waals surface area (Å²) in [7, 11) is 3.76. The number of nitrogens with zero attached hydrogens (tertiary/aromatic N) is 2. The molecule has 1 fully saturated rings. The number of methoxy groups -OCH3 is 1. The van der Waals surface area contributed by atoms with Gasteiger partial charge in [0.15, 0.2) is 17.8 Å². The number of carboxylic acids is 2. The number of para-hydroxylation sites is 1. The molecule has 9 heteroatoms. The molecule has 0 amide bonds. The van der Waals surface area contributed by atoms with E-state index in [1.165, 1.54) is 0 Å². The first-order chi connectivity index (χ1) is 13.4. The zero-order valence-corrected chi connectivity index (χ0v) is 16.3. The predicted molar refractivity (Wildman–Crippen MR) is 102 cm³/mol. The van der Waals surface area contributed by atoms with E-state index in [0.717, 1.165) is 51.9 Å². The molecule has 1 aromatic carbocycles. The molecule has 156 valence electrons. The van der Waals surface area contributed by atoms with Crippen LogP contribution in [0.2, 0.25) is 0 Å². The van der Waals surface area contributed by atoms with E-state index in [9.17, 15) is 4.79 Å². The highest BCUT2D eigenvalue weighted by molar-refractivity contribution is 6.27. The average Bonchev–Trinajstić information content (AvgIpc) is 2.69. The Morgan fingerprint density at radius 2 is 1.75 bits per heavy atom. The molecule has 9 nitrogen and oxygen atoms in total. The number of aliphatic carboxylic acids is 2. The molecule has 0 aromatic heterocycles. The normalized spacial score (nSPS) is 14.5. The van der Waals surface area contributed by atoms with E-state index >= 15 is 0 Å². The van der Waals surface area contributed by atoms with Gasteiger partial charge in [-0.05, 0) is 38.6 Å². The zero-order valence-electron chi connectivity index (χ0n) is 16.3. The van der Waals surface area contributed by atoms with E-state index in [2.05, 4.69) is 16.8 Å². The van der Waals surface area contributed by atoms with Gasteiger partial charge in [0.25, 0.3) is 0 Å². The van der Waals surface area contributed by atoms with Crippen LogP contribution in [0.25, 0.3) is 0 Å². The number of piperazine rings is 1. The third-order valence-electron chi connectivity index (χ3n) is 4.25. The summed E-state index contributed by atoms with van der Waals surface area (Å²) < 4.78 is 11.0. The van der Waals surface area contributed by atoms with Gasteiger partial charge < -0.3 is 29.5 Å². The lowest BCUT2D eigenvalue weighted by Crippen LogP contribution is -2.44. The highest BCUT2D eigenvalue weighted by Gasteiger charge is 2.13. The quantitative estimate of drug-likeness (QED) is 0.378. The molecule has 1 aliphatic heterocycles. The number of hydrogen-bond donors (Lipinski definition) is 2. The second-order valence-electron chi connectivity index (χ2n) is 6.31. The van der Waals surface area contributed by atoms with Crippen molar-refractivity contribution in [3.05, 3.63) is 23.8 Å². The molecule has 0 spiro atoms. The van der Waals surface area contributed by atoms with Gasteiger partial charge in [-0.25, -0.2) is 9.59 Å². The largest absolute Gasteiger partial charge is 0.493 e. The highest BCUT2D eigenvalue weighted by Crippen LogP contribution is 2.30. The van der Waals surface area contributed by atoms with Crippen molar-refractivity contribution in [2.24, 2.45) is 0 Å². The van der Waals surface area contributed by atoms with Crippen LogP contribution in [0, 0.1) is 0 Å². The molecular formula is C19H28N2O7. The summed E-state index contributed by atoms with van der Waals surface area (Å²) in [6, 6.07) is 5.35. The number of carbonyl (C=O) groups is 3. The number of rotatable bonds is 8. The predicted octanol–water partition coefficient (Wildman–Crippen LogP) is 1.07. The zero-order chi connectivity index (χ0) is 20.9. The fourth-order valence-electron chi connectivity index (χ4n) is 2.62. The molecule has 0 saturated carbocycles. The maximum atomic E-state index is 11.1. The summed E-state index contributed by atoms with van der Waals surface area (Å²) in [5.74, 6) is -2.48. The Balaban J connectivity index is 0.000000568. The third-order valence-corrected chi connectivity index (χ3v) is 4.25. The number of hydrogen-bond acceptors (Lipinski definition) is 7. The van der Waals surface area contributed by atoms with Crippen LogP contribution in [0.3, 0.4) is 0 Å². The van der Waals surface area contributed by atoms with Crippen molar-refractivity contribution in [3.8, 4) is 11.5 Å². The number of aldehydes is 1. The first-order valence-corrected chi connectivity index (χ1v) is 9.01. The second-order valence-corrected chi connectivity index (χ2v) is 6.31. The Morgan fingerprint density at radius 1 is 1.11 bits per heavy atom. The van der Waals surface area contributed by atoms with Crippen LogP contribution in [0.5, 0.6) is 11.5 Å². The summed E-state index contributed by atoms with van der Waals surface area (Å²) in [5.41, 5.74) is 0.540. The third kappa shape index (κ3) is 8.36. The Hall–Kier alpha value is -2.65. The summed E-state index contributed by atoms with van der Waals surface area (Å²) in [6.45, 7) is 6.33. The number of likely N-dealkylation sites (N-methyl/N-ethyl adjacent to an activating group) is 1. The maximum absolute atomic E-state index is 11.1. The van der Waals surface area contributed by atoms with Crippen molar-refractivity contribution in [2.75, 3.05) is 53.5 Å². The van der Waals surface area contributed by atoms with Crippen LogP contribution in [-0.4, -0.2) is 91.7 Å². The average molecular weight is 396 g/mol. The summed E-state index contributed by atoms with van der Waals surface area (Å²) >= 11 is 0. The molecular weight excluding hydrogens is 368 g/mol. The molecule has 0 aliphatic carbocycles. The Labute approximate surface area is 164 Å². The van der Waals surface area contributed by atoms with Crippen molar-refractivity contribution in [1.82, 2.24) is 9.80 Å². The van der Waals surface area contributed by atoms with E-state index in [0.29, 0.717) is 23.7 Å². The minimum Gasteiger partial charge on any atom is -0.493 e. The van der Waals surface area contributed by atoms with Gasteiger partial charge in [0.1, 0.15) is 0 Å². The maximum Gasteiger partial charge on any atom is 0.414 e. The van der Waals surface area contributed by atoms with Gasteiger partial charge in [-0.3, -0.25) is 4.79 Å². The van der Waals surface area contributed by atoms with Gasteiger partial charge in [-0.2, -0.15) is 0 Å². The molecule has 2 rings (SSSR count). The van der Waals surface area contributed by atoms with E-state index < -0.39 is 11.9 Å². The molecule has 0 unspecified atom stereocenters. The number of ether oxygens (including phenoxy) is 2. The van der Waals surface area contributed by atoms with E-state index in [1.807, 2.05) is 6.07 Å². The first-order valence-electron chi connectivity index (χ1n) is 9.01. The van der Waals surface area contributed by atoms with Gasteiger partial charge in [-0.15, -0.1) is 0 Å². The van der Waals surface area contributed by atoms with E-state index in [1.54, 1.807) is 19.2 Å². The van der Waals surface area contributed by atoms with Gasteiger partial charge >= 0.3 is 11.9 Å². The smallest absolute Gasteiger partial charge is 0.414 e. The molecule has 1 heterocycles. The topological polar surface area (TPSA) is 117 Å². The molecule has 1 aromatic rings. The van der Waals surface area contributed by atoms with Gasteiger partial charge in [0.2, 0.25) is 0 Å². The second kappa shape index (κ2) is 12.7.